The van der Waals surface area contributed by atoms with Gasteiger partial charge in [0.05, 0.1) is 0 Å². The van der Waals surface area contributed by atoms with Crippen LogP contribution in [0.2, 0.25) is 0 Å². The number of benzene rings is 3. The molecule has 0 radical (unpaired) electrons. The normalized spacial score (nSPS) is 18.7. The number of nitrogens with zero attached hydrogens (tertiary/aromatic N) is 2. The van der Waals surface area contributed by atoms with Crippen LogP contribution in [0.1, 0.15) is 16.7 Å². The summed E-state index contributed by atoms with van der Waals surface area (Å²) >= 11 is 0. The molecule has 0 N–H and O–H groups in total. The van der Waals surface area contributed by atoms with Crippen molar-refractivity contribution in [1.29, 1.82) is 0 Å². The number of carbonyl (C=O) groups is 2. The first-order valence-electron chi connectivity index (χ1n) is 10.9. The summed E-state index contributed by atoms with van der Waals surface area (Å²) in [7, 11) is 3.46. The molecule has 2 amide bonds. The second-order valence-corrected chi connectivity index (χ2v) is 8.24. The minimum Gasteiger partial charge on any atom is -0.489 e. The maximum absolute atomic E-state index is 13.1. The molecule has 5 nitrogen and oxygen atoms in total. The van der Waals surface area contributed by atoms with Crippen LogP contribution in [0.15, 0.2) is 84.9 Å². The largest absolute Gasteiger partial charge is 0.489 e. The molecule has 0 unspecified atom stereocenters. The maximum Gasteiger partial charge on any atom is 0.246 e. The molecule has 0 aromatic heterocycles. The van der Waals surface area contributed by atoms with E-state index in [9.17, 15) is 9.59 Å². The van der Waals surface area contributed by atoms with Crippen LogP contribution in [0.4, 0.5) is 0 Å². The Morgan fingerprint density at radius 2 is 1.06 bits per heavy atom. The Labute approximate surface area is 189 Å². The van der Waals surface area contributed by atoms with E-state index in [1.807, 2.05) is 84.9 Å². The fourth-order valence-corrected chi connectivity index (χ4v) is 4.08. The number of carbonyl (C=O) groups excluding carboxylic acids is 2. The number of piperazine rings is 1. The number of ether oxygens (including phenoxy) is 1. The van der Waals surface area contributed by atoms with Gasteiger partial charge in [-0.1, -0.05) is 72.8 Å². The van der Waals surface area contributed by atoms with Crippen molar-refractivity contribution in [3.8, 4) is 5.75 Å². The highest BCUT2D eigenvalue weighted by Gasteiger charge is 2.42. The lowest BCUT2D eigenvalue weighted by atomic mass is 9.95. The van der Waals surface area contributed by atoms with Crippen LogP contribution >= 0.6 is 0 Å². The number of hydrogen-bond donors (Lipinski definition) is 0. The summed E-state index contributed by atoms with van der Waals surface area (Å²) in [5.41, 5.74) is 3.14. The number of rotatable bonds is 7. The van der Waals surface area contributed by atoms with Gasteiger partial charge in [-0.15, -0.1) is 0 Å². The van der Waals surface area contributed by atoms with Crippen molar-refractivity contribution in [3.63, 3.8) is 0 Å². The van der Waals surface area contributed by atoms with Crippen molar-refractivity contribution < 1.29 is 14.3 Å². The van der Waals surface area contributed by atoms with Crippen LogP contribution in [0.5, 0.6) is 5.75 Å². The van der Waals surface area contributed by atoms with Gasteiger partial charge in [-0.3, -0.25) is 9.59 Å². The monoisotopic (exact) mass is 428 g/mol. The van der Waals surface area contributed by atoms with Crippen molar-refractivity contribution in [1.82, 2.24) is 9.80 Å². The van der Waals surface area contributed by atoms with Gasteiger partial charge in [-0.2, -0.15) is 0 Å². The van der Waals surface area contributed by atoms with Gasteiger partial charge in [0.25, 0.3) is 0 Å². The SMILES string of the molecule is CN1C(=O)[C@H](Cc2ccc(OCc3ccccc3)cc2)N(C)C(=O)[C@@H]1Cc1ccccc1. The zero-order valence-electron chi connectivity index (χ0n) is 18.5. The minimum absolute atomic E-state index is 0.0243. The van der Waals surface area contributed by atoms with E-state index in [1.165, 1.54) is 0 Å². The summed E-state index contributed by atoms with van der Waals surface area (Å²) in [5.74, 6) is 0.721. The second-order valence-electron chi connectivity index (χ2n) is 8.24. The third kappa shape index (κ3) is 4.83. The average Bonchev–Trinajstić information content (AvgIpc) is 2.84. The summed E-state index contributed by atoms with van der Waals surface area (Å²) in [5, 5.41) is 0. The van der Waals surface area contributed by atoms with Crippen LogP contribution in [-0.4, -0.2) is 47.8 Å². The molecule has 0 aliphatic carbocycles. The van der Waals surface area contributed by atoms with Gasteiger partial charge in [-0.25, -0.2) is 0 Å². The highest BCUT2D eigenvalue weighted by molar-refractivity contribution is 5.97. The molecule has 3 aromatic carbocycles. The summed E-state index contributed by atoms with van der Waals surface area (Å²) in [6, 6.07) is 26.6. The lowest BCUT2D eigenvalue weighted by Gasteiger charge is -2.42. The number of likely N-dealkylation sites (N-methyl/N-ethyl adjacent to an activating group) is 2. The van der Waals surface area contributed by atoms with Crippen LogP contribution in [0.3, 0.4) is 0 Å². The van der Waals surface area contributed by atoms with E-state index in [-0.39, 0.29) is 11.8 Å². The van der Waals surface area contributed by atoms with Gasteiger partial charge in [0.15, 0.2) is 0 Å². The molecule has 32 heavy (non-hydrogen) atoms. The lowest BCUT2D eigenvalue weighted by molar-refractivity contribution is -0.158. The second kappa shape index (κ2) is 9.69. The molecule has 3 aromatic rings. The summed E-state index contributed by atoms with van der Waals surface area (Å²) in [6.07, 6.45) is 0.995. The topological polar surface area (TPSA) is 49.9 Å². The first kappa shape index (κ1) is 21.6. The Bertz CT molecular complexity index is 1050. The zero-order chi connectivity index (χ0) is 22.5. The predicted molar refractivity (Wildman–Crippen MR) is 124 cm³/mol. The third-order valence-corrected chi connectivity index (χ3v) is 6.07. The van der Waals surface area contributed by atoms with Crippen molar-refractivity contribution in [2.24, 2.45) is 0 Å². The van der Waals surface area contributed by atoms with E-state index in [1.54, 1.807) is 23.9 Å². The molecule has 2 atom stereocenters. The van der Waals surface area contributed by atoms with Crippen molar-refractivity contribution in [2.75, 3.05) is 14.1 Å². The van der Waals surface area contributed by atoms with Crippen LogP contribution in [-0.2, 0) is 29.0 Å². The maximum atomic E-state index is 13.1. The summed E-state index contributed by atoms with van der Waals surface area (Å²) in [4.78, 5) is 29.4. The molecule has 5 heteroatoms. The Balaban J connectivity index is 1.39. The first-order chi connectivity index (χ1) is 15.5. The van der Waals surface area contributed by atoms with Gasteiger partial charge in [0, 0.05) is 26.9 Å². The minimum atomic E-state index is -0.504. The molecule has 4 rings (SSSR count). The molecule has 1 heterocycles. The first-order valence-corrected chi connectivity index (χ1v) is 10.9. The van der Waals surface area contributed by atoms with Crippen molar-refractivity contribution in [3.05, 3.63) is 102 Å². The van der Waals surface area contributed by atoms with Crippen molar-refractivity contribution >= 4 is 11.8 Å². The van der Waals surface area contributed by atoms with E-state index in [4.69, 9.17) is 4.74 Å². The van der Waals surface area contributed by atoms with Gasteiger partial charge in [0.2, 0.25) is 11.8 Å². The molecule has 1 aliphatic heterocycles. The van der Waals surface area contributed by atoms with E-state index >= 15 is 0 Å². The highest BCUT2D eigenvalue weighted by Crippen LogP contribution is 2.23. The summed E-state index contributed by atoms with van der Waals surface area (Å²) in [6.45, 7) is 0.506. The smallest absolute Gasteiger partial charge is 0.246 e. The van der Waals surface area contributed by atoms with E-state index in [0.29, 0.717) is 19.4 Å². The quantitative estimate of drug-likeness (QED) is 0.576. The molecular weight excluding hydrogens is 400 g/mol. The molecule has 1 fully saturated rings. The summed E-state index contributed by atoms with van der Waals surface area (Å²) < 4.78 is 5.84. The molecule has 0 spiro atoms. The van der Waals surface area contributed by atoms with Gasteiger partial charge >= 0.3 is 0 Å². The van der Waals surface area contributed by atoms with Gasteiger partial charge in [-0.05, 0) is 28.8 Å². The third-order valence-electron chi connectivity index (χ3n) is 6.07. The highest BCUT2D eigenvalue weighted by atomic mass is 16.5. The Kier molecular flexibility index (Phi) is 6.55. The number of hydrogen-bond acceptors (Lipinski definition) is 3. The Hall–Kier alpha value is -3.60. The van der Waals surface area contributed by atoms with Gasteiger partial charge < -0.3 is 14.5 Å². The van der Waals surface area contributed by atoms with E-state index in [0.717, 1.165) is 22.4 Å². The molecular formula is C27H28N2O3. The Morgan fingerprint density at radius 3 is 1.56 bits per heavy atom. The Morgan fingerprint density at radius 1 is 0.625 bits per heavy atom. The van der Waals surface area contributed by atoms with Crippen LogP contribution in [0, 0.1) is 0 Å². The fraction of sp³-hybridized carbons (Fsp3) is 0.259. The molecule has 164 valence electrons. The van der Waals surface area contributed by atoms with Crippen LogP contribution < -0.4 is 4.74 Å². The zero-order valence-corrected chi connectivity index (χ0v) is 18.5. The molecule has 1 aliphatic rings. The average molecular weight is 429 g/mol. The number of amides is 2. The predicted octanol–water partition coefficient (Wildman–Crippen LogP) is 3.72. The van der Waals surface area contributed by atoms with Gasteiger partial charge in [0.1, 0.15) is 24.4 Å². The molecule has 0 bridgehead atoms. The molecule has 0 saturated carbocycles. The standard InChI is InChI=1S/C27H28N2O3/c1-28-24(17-20-9-5-3-6-10-20)26(30)29(2)25(27(28)31)18-21-13-15-23(16-14-21)32-19-22-11-7-4-8-12-22/h3-16,24-25H,17-19H2,1-2H3/t24-,25-/m0/s1. The van der Waals surface area contributed by atoms with E-state index in [2.05, 4.69) is 0 Å². The van der Waals surface area contributed by atoms with E-state index < -0.39 is 12.1 Å². The molecule has 1 saturated heterocycles. The van der Waals surface area contributed by atoms with Crippen molar-refractivity contribution in [2.45, 2.75) is 31.5 Å². The lowest BCUT2D eigenvalue weighted by Crippen LogP contribution is -2.63. The fourth-order valence-electron chi connectivity index (χ4n) is 4.08. The van der Waals surface area contributed by atoms with Crippen LogP contribution in [0.25, 0.3) is 0 Å².